The standard InChI is InChI=1S/C26H25N3O4/c1-5-22-28-23-16(3)12-17(4)27-24(23)29(22)14-18-8-11-20-21(13-18)33-26(32-20,25(30)31)19-9-6-15(2)7-10-19/h6-13H,5,14H2,1-4H3,(H,30,31). The molecule has 1 unspecified atom stereocenters. The Balaban J connectivity index is 1.52. The number of nitrogens with zero attached hydrogens (tertiary/aromatic N) is 3. The molecule has 0 spiro atoms. The third kappa shape index (κ3) is 3.40. The van der Waals surface area contributed by atoms with E-state index in [0.29, 0.717) is 23.6 Å². The summed E-state index contributed by atoms with van der Waals surface area (Å²) in [7, 11) is 0. The Morgan fingerprint density at radius 1 is 1.00 bits per heavy atom. The number of benzene rings is 2. The largest absolute Gasteiger partial charge is 0.475 e. The molecule has 0 saturated heterocycles. The van der Waals surface area contributed by atoms with Gasteiger partial charge in [-0.25, -0.2) is 14.8 Å². The van der Waals surface area contributed by atoms with Gasteiger partial charge in [0.25, 0.3) is 0 Å². The lowest BCUT2D eigenvalue weighted by molar-refractivity contribution is -0.180. The van der Waals surface area contributed by atoms with E-state index in [-0.39, 0.29) is 0 Å². The van der Waals surface area contributed by atoms with Crippen LogP contribution in [-0.2, 0) is 23.5 Å². The van der Waals surface area contributed by atoms with Crippen LogP contribution in [0.5, 0.6) is 11.5 Å². The molecule has 1 aliphatic heterocycles. The number of carboxylic acid groups (broad SMARTS) is 1. The van der Waals surface area contributed by atoms with Crippen molar-refractivity contribution in [2.45, 2.75) is 46.4 Å². The maximum absolute atomic E-state index is 12.2. The lowest BCUT2D eigenvalue weighted by Crippen LogP contribution is -2.43. The first-order valence-electron chi connectivity index (χ1n) is 11.0. The molecule has 1 aliphatic rings. The Hall–Kier alpha value is -3.87. The van der Waals surface area contributed by atoms with Crippen molar-refractivity contribution in [1.82, 2.24) is 14.5 Å². The normalized spacial score (nSPS) is 17.0. The number of hydrogen-bond donors (Lipinski definition) is 1. The average molecular weight is 444 g/mol. The fourth-order valence-corrected chi connectivity index (χ4v) is 4.31. The van der Waals surface area contributed by atoms with Crippen LogP contribution in [0.25, 0.3) is 11.2 Å². The molecule has 0 bridgehead atoms. The van der Waals surface area contributed by atoms with Crippen LogP contribution in [-0.4, -0.2) is 25.6 Å². The van der Waals surface area contributed by atoms with Gasteiger partial charge >= 0.3 is 11.8 Å². The molecule has 2 aromatic heterocycles. The number of aryl methyl sites for hydroxylation is 4. The predicted octanol–water partition coefficient (Wildman–Crippen LogP) is 4.68. The van der Waals surface area contributed by atoms with Gasteiger partial charge < -0.3 is 19.1 Å². The van der Waals surface area contributed by atoms with Crippen molar-refractivity contribution in [2.75, 3.05) is 0 Å². The highest BCUT2D eigenvalue weighted by molar-refractivity contribution is 5.80. The summed E-state index contributed by atoms with van der Waals surface area (Å²) in [6, 6.07) is 14.7. The summed E-state index contributed by atoms with van der Waals surface area (Å²) in [5.41, 5.74) is 6.19. The third-order valence-corrected chi connectivity index (χ3v) is 5.99. The maximum atomic E-state index is 12.2. The van der Waals surface area contributed by atoms with Gasteiger partial charge in [0.05, 0.1) is 6.54 Å². The molecule has 168 valence electrons. The summed E-state index contributed by atoms with van der Waals surface area (Å²) in [6.07, 6.45) is 0.773. The van der Waals surface area contributed by atoms with Crippen molar-refractivity contribution in [3.63, 3.8) is 0 Å². The minimum absolute atomic E-state index is 0.401. The fraction of sp³-hybridized carbons (Fsp3) is 0.269. The van der Waals surface area contributed by atoms with E-state index in [0.717, 1.165) is 45.8 Å². The second kappa shape index (κ2) is 7.62. The second-order valence-corrected chi connectivity index (χ2v) is 8.49. The van der Waals surface area contributed by atoms with Crippen LogP contribution in [0.4, 0.5) is 0 Å². The molecule has 2 aromatic carbocycles. The van der Waals surface area contributed by atoms with E-state index in [1.165, 1.54) is 0 Å². The summed E-state index contributed by atoms with van der Waals surface area (Å²) in [4.78, 5) is 21.8. The molecule has 0 fully saturated rings. The van der Waals surface area contributed by atoms with Gasteiger partial charge in [-0.15, -0.1) is 0 Å². The topological polar surface area (TPSA) is 86.5 Å². The first-order chi connectivity index (χ1) is 15.8. The van der Waals surface area contributed by atoms with Gasteiger partial charge in [-0.2, -0.15) is 0 Å². The molecule has 1 N–H and O–H groups in total. The van der Waals surface area contributed by atoms with Gasteiger partial charge in [0, 0.05) is 17.7 Å². The highest BCUT2D eigenvalue weighted by Crippen LogP contribution is 2.45. The van der Waals surface area contributed by atoms with Crippen molar-refractivity contribution < 1.29 is 19.4 Å². The van der Waals surface area contributed by atoms with Gasteiger partial charge in [-0.05, 0) is 50.1 Å². The van der Waals surface area contributed by atoms with E-state index >= 15 is 0 Å². The van der Waals surface area contributed by atoms with Crippen LogP contribution in [0.15, 0.2) is 48.5 Å². The minimum Gasteiger partial charge on any atom is -0.475 e. The monoisotopic (exact) mass is 443 g/mol. The van der Waals surface area contributed by atoms with Gasteiger partial charge in [-0.1, -0.05) is 42.8 Å². The first kappa shape index (κ1) is 21.0. The van der Waals surface area contributed by atoms with Crippen LogP contribution in [0.1, 0.15) is 40.7 Å². The Kier molecular flexibility index (Phi) is 4.85. The Morgan fingerprint density at radius 3 is 2.42 bits per heavy atom. The molecule has 0 aliphatic carbocycles. The zero-order chi connectivity index (χ0) is 23.3. The molecule has 5 rings (SSSR count). The first-order valence-corrected chi connectivity index (χ1v) is 11.0. The van der Waals surface area contributed by atoms with E-state index < -0.39 is 11.8 Å². The summed E-state index contributed by atoms with van der Waals surface area (Å²) >= 11 is 0. The second-order valence-electron chi connectivity index (χ2n) is 8.49. The average Bonchev–Trinajstić information content (AvgIpc) is 3.33. The summed E-state index contributed by atoms with van der Waals surface area (Å²) in [5.74, 6) is -1.35. The Morgan fingerprint density at radius 2 is 1.73 bits per heavy atom. The number of carboxylic acids is 1. The van der Waals surface area contributed by atoms with Crippen LogP contribution < -0.4 is 9.47 Å². The highest BCUT2D eigenvalue weighted by atomic mass is 16.8. The molecule has 7 heteroatoms. The SMILES string of the molecule is CCc1nc2c(C)cc(C)nc2n1Cc1ccc2c(c1)OC(C(=O)O)(c1ccc(C)cc1)O2. The smallest absolute Gasteiger partial charge is 0.395 e. The lowest BCUT2D eigenvalue weighted by atomic mass is 10.0. The van der Waals surface area contributed by atoms with Crippen molar-refractivity contribution in [3.05, 3.63) is 82.3 Å². The van der Waals surface area contributed by atoms with E-state index in [1.54, 1.807) is 18.2 Å². The molecular formula is C26H25N3O4. The molecule has 0 amide bonds. The Bertz CT molecular complexity index is 1390. The van der Waals surface area contributed by atoms with Crippen LogP contribution in [0, 0.1) is 20.8 Å². The summed E-state index contributed by atoms with van der Waals surface area (Å²) < 4.78 is 13.9. The molecule has 33 heavy (non-hydrogen) atoms. The molecule has 3 heterocycles. The third-order valence-electron chi connectivity index (χ3n) is 5.99. The molecule has 1 atom stereocenters. The van der Waals surface area contributed by atoms with Crippen molar-refractivity contribution in [2.24, 2.45) is 0 Å². The van der Waals surface area contributed by atoms with Crippen molar-refractivity contribution in [1.29, 1.82) is 0 Å². The predicted molar refractivity (Wildman–Crippen MR) is 124 cm³/mol. The van der Waals surface area contributed by atoms with E-state index in [4.69, 9.17) is 19.4 Å². The van der Waals surface area contributed by atoms with Crippen LogP contribution in [0.2, 0.25) is 0 Å². The number of aliphatic carboxylic acids is 1. The minimum atomic E-state index is -1.90. The Labute approximate surface area is 191 Å². The molecule has 0 saturated carbocycles. The number of ether oxygens (including phenoxy) is 2. The number of aromatic nitrogens is 3. The van der Waals surface area contributed by atoms with Crippen molar-refractivity contribution in [3.8, 4) is 11.5 Å². The lowest BCUT2D eigenvalue weighted by Gasteiger charge is -2.23. The van der Waals surface area contributed by atoms with Crippen molar-refractivity contribution >= 4 is 17.1 Å². The quantitative estimate of drug-likeness (QED) is 0.482. The van der Waals surface area contributed by atoms with E-state index in [9.17, 15) is 9.90 Å². The number of carbonyl (C=O) groups is 1. The van der Waals surface area contributed by atoms with E-state index in [1.807, 2.05) is 51.1 Å². The fourth-order valence-electron chi connectivity index (χ4n) is 4.31. The highest BCUT2D eigenvalue weighted by Gasteiger charge is 2.51. The van der Waals surface area contributed by atoms with Gasteiger partial charge in [-0.3, -0.25) is 0 Å². The molecule has 7 nitrogen and oxygen atoms in total. The number of rotatable bonds is 5. The van der Waals surface area contributed by atoms with Crippen LogP contribution in [0.3, 0.4) is 0 Å². The maximum Gasteiger partial charge on any atom is 0.395 e. The van der Waals surface area contributed by atoms with Gasteiger partial charge in [0.15, 0.2) is 17.1 Å². The zero-order valence-electron chi connectivity index (χ0n) is 19.0. The summed E-state index contributed by atoms with van der Waals surface area (Å²) in [6.45, 7) is 8.58. The van der Waals surface area contributed by atoms with E-state index in [2.05, 4.69) is 11.5 Å². The zero-order valence-corrected chi connectivity index (χ0v) is 19.0. The summed E-state index contributed by atoms with van der Waals surface area (Å²) in [5, 5.41) is 10.0. The van der Waals surface area contributed by atoms with Crippen LogP contribution >= 0.6 is 0 Å². The molecular weight excluding hydrogens is 418 g/mol. The molecule has 4 aromatic rings. The number of hydrogen-bond acceptors (Lipinski definition) is 5. The number of imidazole rings is 1. The number of fused-ring (bicyclic) bond motifs is 2. The number of pyridine rings is 1. The van der Waals surface area contributed by atoms with Gasteiger partial charge in [0.1, 0.15) is 11.3 Å². The molecule has 0 radical (unpaired) electrons. The van der Waals surface area contributed by atoms with Gasteiger partial charge in [0.2, 0.25) is 0 Å².